The number of nitrogens with zero attached hydrogens (tertiary/aromatic N) is 1. The number of hydrogen-bond acceptors (Lipinski definition) is 2. The van der Waals surface area contributed by atoms with Gasteiger partial charge in [-0.1, -0.05) is 6.08 Å². The molecular weight excluding hydrogens is 252 g/mol. The van der Waals surface area contributed by atoms with E-state index < -0.39 is 0 Å². The molecule has 1 aromatic rings. The summed E-state index contributed by atoms with van der Waals surface area (Å²) in [6, 6.07) is 2.83. The predicted octanol–water partition coefficient (Wildman–Crippen LogP) is 2.61. The van der Waals surface area contributed by atoms with E-state index in [-0.39, 0.29) is 0 Å². The molecule has 15 heavy (non-hydrogen) atoms. The van der Waals surface area contributed by atoms with Gasteiger partial charge in [-0.05, 0) is 58.4 Å². The summed E-state index contributed by atoms with van der Waals surface area (Å²) in [5.74, 6) is 0.749. The van der Waals surface area contributed by atoms with Gasteiger partial charge in [0.15, 0.2) is 0 Å². The lowest BCUT2D eigenvalue weighted by Crippen LogP contribution is -2.22. The topological polar surface area (TPSA) is 24.9 Å². The first kappa shape index (κ1) is 9.55. The Kier molecular flexibility index (Phi) is 2.37. The van der Waals surface area contributed by atoms with E-state index in [1.807, 2.05) is 12.4 Å². The average molecular weight is 265 g/mol. The van der Waals surface area contributed by atoms with Gasteiger partial charge >= 0.3 is 0 Å². The Morgan fingerprint density at radius 2 is 2.33 bits per heavy atom. The molecular formula is C12H13BrN2. The first-order chi connectivity index (χ1) is 7.33. The maximum absolute atomic E-state index is 4.21. The van der Waals surface area contributed by atoms with E-state index in [4.69, 9.17) is 0 Å². The van der Waals surface area contributed by atoms with Crippen LogP contribution in [0, 0.1) is 5.92 Å². The van der Waals surface area contributed by atoms with Gasteiger partial charge in [0, 0.05) is 22.9 Å². The molecule has 1 fully saturated rings. The fraction of sp³-hybridized carbons (Fsp3) is 0.417. The monoisotopic (exact) mass is 264 g/mol. The van der Waals surface area contributed by atoms with Gasteiger partial charge in [0.2, 0.25) is 0 Å². The lowest BCUT2D eigenvalue weighted by molar-refractivity contribution is 0.563. The molecule has 2 heterocycles. The first-order valence-electron chi connectivity index (χ1n) is 5.38. The number of aromatic nitrogens is 1. The van der Waals surface area contributed by atoms with Gasteiger partial charge in [0.25, 0.3) is 0 Å². The number of rotatable bonds is 1. The van der Waals surface area contributed by atoms with Crippen LogP contribution in [0.15, 0.2) is 29.0 Å². The van der Waals surface area contributed by atoms with Crippen molar-refractivity contribution in [3.8, 4) is 0 Å². The highest BCUT2D eigenvalue weighted by molar-refractivity contribution is 9.10. The van der Waals surface area contributed by atoms with Crippen molar-refractivity contribution in [3.63, 3.8) is 0 Å². The largest absolute Gasteiger partial charge is 0.313 e. The summed E-state index contributed by atoms with van der Waals surface area (Å²) in [5, 5.41) is 3.55. The summed E-state index contributed by atoms with van der Waals surface area (Å²) < 4.78 is 1.06. The van der Waals surface area contributed by atoms with Crippen molar-refractivity contribution >= 4 is 21.5 Å². The highest BCUT2D eigenvalue weighted by atomic mass is 79.9. The molecule has 1 saturated heterocycles. The minimum atomic E-state index is 0.680. The molecule has 0 radical (unpaired) electrons. The number of nitrogens with one attached hydrogen (secondary N) is 1. The van der Waals surface area contributed by atoms with Gasteiger partial charge in [-0.2, -0.15) is 0 Å². The van der Waals surface area contributed by atoms with Crippen molar-refractivity contribution in [2.75, 3.05) is 6.54 Å². The van der Waals surface area contributed by atoms with Crippen molar-refractivity contribution in [2.45, 2.75) is 18.9 Å². The van der Waals surface area contributed by atoms with Crippen LogP contribution in [0.3, 0.4) is 0 Å². The van der Waals surface area contributed by atoms with E-state index in [1.54, 1.807) is 0 Å². The molecule has 1 aliphatic heterocycles. The molecule has 2 nitrogen and oxygen atoms in total. The average Bonchev–Trinajstić information content (AvgIpc) is 2.76. The highest BCUT2D eigenvalue weighted by Crippen LogP contribution is 2.36. The van der Waals surface area contributed by atoms with Crippen molar-refractivity contribution < 1.29 is 0 Å². The van der Waals surface area contributed by atoms with E-state index in [0.29, 0.717) is 6.04 Å². The second kappa shape index (κ2) is 3.72. The second-order valence-electron chi connectivity index (χ2n) is 4.30. The zero-order valence-corrected chi connectivity index (χ0v) is 10.00. The molecule has 0 spiro atoms. The molecule has 0 bridgehead atoms. The molecule has 0 saturated carbocycles. The van der Waals surface area contributed by atoms with Crippen LogP contribution in [0.5, 0.6) is 0 Å². The van der Waals surface area contributed by atoms with Crippen LogP contribution in [0.1, 0.15) is 18.4 Å². The zero-order valence-electron chi connectivity index (χ0n) is 8.41. The molecule has 1 N–H and O–H groups in total. The summed E-state index contributed by atoms with van der Waals surface area (Å²) in [6.45, 7) is 1.18. The Hall–Kier alpha value is -0.670. The van der Waals surface area contributed by atoms with Gasteiger partial charge in [0.1, 0.15) is 0 Å². The summed E-state index contributed by atoms with van der Waals surface area (Å²) in [7, 11) is 0. The Labute approximate surface area is 97.9 Å². The smallest absolute Gasteiger partial charge is 0.0410 e. The molecule has 1 aromatic heterocycles. The molecule has 1 aliphatic carbocycles. The third kappa shape index (κ3) is 1.74. The Balaban J connectivity index is 1.90. The number of pyridine rings is 1. The Morgan fingerprint density at radius 3 is 3.13 bits per heavy atom. The Morgan fingerprint density at radius 1 is 1.40 bits per heavy atom. The summed E-state index contributed by atoms with van der Waals surface area (Å²) in [6.07, 6.45) is 8.66. The molecule has 0 amide bonds. The van der Waals surface area contributed by atoms with Crippen molar-refractivity contribution in [3.05, 3.63) is 34.6 Å². The first-order valence-corrected chi connectivity index (χ1v) is 6.17. The molecule has 3 heteroatoms. The highest BCUT2D eigenvalue weighted by Gasteiger charge is 2.31. The molecule has 0 aromatic carbocycles. The summed E-state index contributed by atoms with van der Waals surface area (Å²) in [5.41, 5.74) is 2.71. The van der Waals surface area contributed by atoms with Gasteiger partial charge in [-0.3, -0.25) is 4.98 Å². The summed E-state index contributed by atoms with van der Waals surface area (Å²) in [4.78, 5) is 4.21. The van der Waals surface area contributed by atoms with E-state index in [1.165, 1.54) is 24.1 Å². The number of hydrogen-bond donors (Lipinski definition) is 1. The van der Waals surface area contributed by atoms with E-state index in [0.717, 1.165) is 16.8 Å². The third-order valence-electron chi connectivity index (χ3n) is 3.33. The van der Waals surface area contributed by atoms with Gasteiger partial charge in [0.05, 0.1) is 0 Å². The van der Waals surface area contributed by atoms with Crippen LogP contribution in [-0.4, -0.2) is 17.6 Å². The minimum absolute atomic E-state index is 0.680. The maximum Gasteiger partial charge on any atom is 0.0410 e. The van der Waals surface area contributed by atoms with Crippen LogP contribution in [0.2, 0.25) is 0 Å². The number of fused-ring (bicyclic) bond motifs is 1. The third-order valence-corrected chi connectivity index (χ3v) is 3.77. The number of halogens is 1. The normalized spacial score (nSPS) is 29.0. The van der Waals surface area contributed by atoms with E-state index in [2.05, 4.69) is 38.4 Å². The SMILES string of the molecule is Brc1cncc(C2=C[C@H]3CCN[C@H]3C2)c1. The minimum Gasteiger partial charge on any atom is -0.313 e. The van der Waals surface area contributed by atoms with Gasteiger partial charge in [-0.15, -0.1) is 0 Å². The summed E-state index contributed by atoms with van der Waals surface area (Å²) >= 11 is 3.47. The van der Waals surface area contributed by atoms with Crippen molar-refractivity contribution in [1.82, 2.24) is 10.3 Å². The van der Waals surface area contributed by atoms with E-state index in [9.17, 15) is 0 Å². The van der Waals surface area contributed by atoms with Crippen molar-refractivity contribution in [2.24, 2.45) is 5.92 Å². The fourth-order valence-corrected chi connectivity index (χ4v) is 2.94. The molecule has 2 atom stereocenters. The van der Waals surface area contributed by atoms with Gasteiger partial charge < -0.3 is 5.32 Å². The van der Waals surface area contributed by atoms with Crippen LogP contribution >= 0.6 is 15.9 Å². The van der Waals surface area contributed by atoms with Crippen LogP contribution in [0.25, 0.3) is 5.57 Å². The van der Waals surface area contributed by atoms with Crippen molar-refractivity contribution in [1.29, 1.82) is 0 Å². The van der Waals surface area contributed by atoms with E-state index >= 15 is 0 Å². The van der Waals surface area contributed by atoms with Crippen LogP contribution in [-0.2, 0) is 0 Å². The zero-order chi connectivity index (χ0) is 10.3. The molecule has 0 unspecified atom stereocenters. The van der Waals surface area contributed by atoms with Gasteiger partial charge in [-0.25, -0.2) is 0 Å². The molecule has 2 aliphatic rings. The molecule has 3 rings (SSSR count). The molecule has 78 valence electrons. The predicted molar refractivity (Wildman–Crippen MR) is 64.4 cm³/mol. The van der Waals surface area contributed by atoms with Crippen LogP contribution < -0.4 is 5.32 Å². The van der Waals surface area contributed by atoms with Crippen LogP contribution in [0.4, 0.5) is 0 Å². The fourth-order valence-electron chi connectivity index (χ4n) is 2.58. The quantitative estimate of drug-likeness (QED) is 0.844. The Bertz CT molecular complexity index is 414. The lowest BCUT2D eigenvalue weighted by Gasteiger charge is -2.08. The standard InChI is InChI=1S/C12H13BrN2/c13-11-4-10(6-14-7-11)9-3-8-1-2-15-12(8)5-9/h3-4,6-8,12,15H,1-2,5H2/t8-,12+/m1/s1. The maximum atomic E-state index is 4.21. The lowest BCUT2D eigenvalue weighted by atomic mass is 10.1. The second-order valence-corrected chi connectivity index (χ2v) is 5.22.